The molecule has 1 aliphatic carbocycles. The number of carbonyl (C=O) groups excluding carboxylic acids is 1. The highest BCUT2D eigenvalue weighted by Crippen LogP contribution is 2.33. The molecule has 3 rings (SSSR count). The molecule has 7 heteroatoms. The Hall–Kier alpha value is -2.54. The van der Waals surface area contributed by atoms with Gasteiger partial charge in [0.25, 0.3) is 0 Å². The zero-order chi connectivity index (χ0) is 18.7. The monoisotopic (exact) mass is 359 g/mol. The number of aliphatic hydroxyl groups is 1. The highest BCUT2D eigenvalue weighted by atomic mass is 16.5. The average molecular weight is 359 g/mol. The summed E-state index contributed by atoms with van der Waals surface area (Å²) >= 11 is 0. The molecule has 0 bridgehead atoms. The summed E-state index contributed by atoms with van der Waals surface area (Å²) in [5.41, 5.74) is 2.04. The van der Waals surface area contributed by atoms with Gasteiger partial charge in [0.1, 0.15) is 0 Å². The second-order valence-corrected chi connectivity index (χ2v) is 6.65. The molecule has 0 radical (unpaired) electrons. The smallest absolute Gasteiger partial charge is 0.220 e. The minimum absolute atomic E-state index is 0.0365. The molecule has 1 saturated carbocycles. The number of methoxy groups -OCH3 is 2. The Morgan fingerprint density at radius 2 is 2.12 bits per heavy atom. The highest BCUT2D eigenvalue weighted by Gasteiger charge is 2.42. The van der Waals surface area contributed by atoms with E-state index >= 15 is 0 Å². The van der Waals surface area contributed by atoms with Gasteiger partial charge in [-0.2, -0.15) is 5.10 Å². The molecule has 140 valence electrons. The van der Waals surface area contributed by atoms with E-state index < -0.39 is 6.10 Å². The molecule has 1 fully saturated rings. The number of hydrogen-bond acceptors (Lipinski definition) is 5. The van der Waals surface area contributed by atoms with Gasteiger partial charge in [-0.15, -0.1) is 0 Å². The van der Waals surface area contributed by atoms with Crippen LogP contribution in [0.25, 0.3) is 0 Å². The molecule has 1 aromatic carbocycles. The van der Waals surface area contributed by atoms with Gasteiger partial charge in [0.15, 0.2) is 11.5 Å². The molecular formula is C19H25N3O4. The Morgan fingerprint density at radius 3 is 2.73 bits per heavy atom. The van der Waals surface area contributed by atoms with Gasteiger partial charge in [-0.25, -0.2) is 0 Å². The van der Waals surface area contributed by atoms with Crippen LogP contribution in [0.2, 0.25) is 0 Å². The van der Waals surface area contributed by atoms with Crippen LogP contribution in [-0.2, 0) is 11.2 Å². The van der Waals surface area contributed by atoms with Gasteiger partial charge in [0, 0.05) is 12.6 Å². The molecule has 1 aromatic heterocycles. The summed E-state index contributed by atoms with van der Waals surface area (Å²) < 4.78 is 12.2. The summed E-state index contributed by atoms with van der Waals surface area (Å²) in [6.07, 6.45) is 4.67. The van der Waals surface area contributed by atoms with Gasteiger partial charge in [0.05, 0.1) is 38.6 Å². The summed E-state index contributed by atoms with van der Waals surface area (Å²) in [5.74, 6) is 1.29. The van der Waals surface area contributed by atoms with Crippen LogP contribution in [0.4, 0.5) is 0 Å². The first-order valence-electron chi connectivity index (χ1n) is 8.71. The largest absolute Gasteiger partial charge is 0.493 e. The van der Waals surface area contributed by atoms with E-state index in [0.717, 1.165) is 11.1 Å². The lowest BCUT2D eigenvalue weighted by Gasteiger charge is -2.41. The Morgan fingerprint density at radius 1 is 1.35 bits per heavy atom. The Kier molecular flexibility index (Phi) is 5.46. The third-order valence-electron chi connectivity index (χ3n) is 4.77. The Balaban J connectivity index is 1.54. The van der Waals surface area contributed by atoms with Gasteiger partial charge in [-0.1, -0.05) is 6.07 Å². The van der Waals surface area contributed by atoms with Gasteiger partial charge in [-0.05, 0) is 43.0 Å². The van der Waals surface area contributed by atoms with Gasteiger partial charge in [-0.3, -0.25) is 9.48 Å². The van der Waals surface area contributed by atoms with E-state index in [1.54, 1.807) is 25.1 Å². The lowest BCUT2D eigenvalue weighted by molar-refractivity contribution is -0.124. The van der Waals surface area contributed by atoms with Crippen LogP contribution in [-0.4, -0.2) is 47.2 Å². The zero-order valence-electron chi connectivity index (χ0n) is 15.3. The average Bonchev–Trinajstić information content (AvgIpc) is 3.04. The minimum atomic E-state index is -0.481. The first-order chi connectivity index (χ1) is 12.5. The molecule has 2 N–H and O–H groups in total. The molecule has 3 atom stereocenters. The van der Waals surface area contributed by atoms with E-state index in [2.05, 4.69) is 10.4 Å². The van der Waals surface area contributed by atoms with Crippen LogP contribution < -0.4 is 14.8 Å². The van der Waals surface area contributed by atoms with Crippen molar-refractivity contribution in [2.45, 2.75) is 44.4 Å². The van der Waals surface area contributed by atoms with Gasteiger partial charge >= 0.3 is 0 Å². The van der Waals surface area contributed by atoms with Crippen molar-refractivity contribution in [1.82, 2.24) is 15.1 Å². The van der Waals surface area contributed by atoms with Crippen molar-refractivity contribution >= 4 is 5.91 Å². The van der Waals surface area contributed by atoms with Crippen molar-refractivity contribution in [2.24, 2.45) is 0 Å². The zero-order valence-corrected chi connectivity index (χ0v) is 15.3. The maximum atomic E-state index is 12.3. The molecule has 2 aromatic rings. The first-order valence-corrected chi connectivity index (χ1v) is 8.71. The van der Waals surface area contributed by atoms with E-state index in [4.69, 9.17) is 9.47 Å². The fourth-order valence-corrected chi connectivity index (χ4v) is 3.29. The van der Waals surface area contributed by atoms with Crippen LogP contribution in [0.1, 0.15) is 30.0 Å². The van der Waals surface area contributed by atoms with Crippen molar-refractivity contribution < 1.29 is 19.4 Å². The van der Waals surface area contributed by atoms with Crippen molar-refractivity contribution in [1.29, 1.82) is 0 Å². The second kappa shape index (κ2) is 7.78. The standard InChI is InChI=1S/C19H25N3O4/c1-12-10-20-22(11-12)19-14(9-15(19)23)21-18(24)7-5-13-4-6-16(25-2)17(8-13)26-3/h4,6,8,10-11,14-15,19,23H,5,7,9H2,1-3H3,(H,21,24)/t14-,15+,19+/m0/s1. The number of aryl methyl sites for hydroxylation is 2. The molecule has 1 aliphatic rings. The maximum absolute atomic E-state index is 12.3. The van der Waals surface area contributed by atoms with Crippen molar-refractivity contribution in [3.63, 3.8) is 0 Å². The third-order valence-corrected chi connectivity index (χ3v) is 4.77. The van der Waals surface area contributed by atoms with Gasteiger partial charge in [0.2, 0.25) is 5.91 Å². The van der Waals surface area contributed by atoms with E-state index in [0.29, 0.717) is 30.8 Å². The number of hydrogen-bond donors (Lipinski definition) is 2. The molecular weight excluding hydrogens is 334 g/mol. The molecule has 0 unspecified atom stereocenters. The minimum Gasteiger partial charge on any atom is -0.493 e. The van der Waals surface area contributed by atoms with Crippen LogP contribution in [0.15, 0.2) is 30.6 Å². The highest BCUT2D eigenvalue weighted by molar-refractivity contribution is 5.76. The number of rotatable bonds is 7. The summed E-state index contributed by atoms with van der Waals surface area (Å²) in [6.45, 7) is 1.95. The predicted molar refractivity (Wildman–Crippen MR) is 96.4 cm³/mol. The summed E-state index contributed by atoms with van der Waals surface area (Å²) in [5, 5.41) is 17.3. The van der Waals surface area contributed by atoms with Crippen molar-refractivity contribution in [2.75, 3.05) is 14.2 Å². The van der Waals surface area contributed by atoms with Crippen molar-refractivity contribution in [3.8, 4) is 11.5 Å². The SMILES string of the molecule is COc1ccc(CCC(=O)N[C@H]2C[C@@H](O)[C@@H]2n2cc(C)cn2)cc1OC. The lowest BCUT2D eigenvalue weighted by Crippen LogP contribution is -2.56. The van der Waals surface area contributed by atoms with Crippen LogP contribution in [0, 0.1) is 6.92 Å². The fraction of sp³-hybridized carbons (Fsp3) is 0.474. The normalized spacial score (nSPS) is 21.8. The topological polar surface area (TPSA) is 85.6 Å². The summed E-state index contributed by atoms with van der Waals surface area (Å²) in [6, 6.07) is 5.35. The fourth-order valence-electron chi connectivity index (χ4n) is 3.29. The van der Waals surface area contributed by atoms with E-state index in [9.17, 15) is 9.90 Å². The Bertz CT molecular complexity index is 774. The molecule has 1 heterocycles. The number of aliphatic hydroxyl groups excluding tert-OH is 1. The van der Waals surface area contributed by atoms with Crippen LogP contribution in [0.3, 0.4) is 0 Å². The number of aromatic nitrogens is 2. The predicted octanol–water partition coefficient (Wildman–Crippen LogP) is 1.63. The lowest BCUT2D eigenvalue weighted by atomic mass is 9.83. The van der Waals surface area contributed by atoms with E-state index in [-0.39, 0.29) is 18.0 Å². The number of ether oxygens (including phenoxy) is 2. The summed E-state index contributed by atoms with van der Waals surface area (Å²) in [7, 11) is 3.18. The molecule has 0 saturated heterocycles. The van der Waals surface area contributed by atoms with Crippen LogP contribution in [0.5, 0.6) is 11.5 Å². The molecule has 26 heavy (non-hydrogen) atoms. The van der Waals surface area contributed by atoms with E-state index in [1.165, 1.54) is 0 Å². The van der Waals surface area contributed by atoms with E-state index in [1.807, 2.05) is 31.3 Å². The van der Waals surface area contributed by atoms with Gasteiger partial charge < -0.3 is 19.9 Å². The summed E-state index contributed by atoms with van der Waals surface area (Å²) in [4.78, 5) is 12.3. The number of carbonyl (C=O) groups is 1. The molecule has 7 nitrogen and oxygen atoms in total. The quantitative estimate of drug-likeness (QED) is 0.785. The first kappa shape index (κ1) is 18.3. The molecule has 1 amide bonds. The Labute approximate surface area is 152 Å². The number of nitrogens with zero attached hydrogens (tertiary/aromatic N) is 2. The van der Waals surface area contributed by atoms with Crippen molar-refractivity contribution in [3.05, 3.63) is 41.7 Å². The molecule has 0 aliphatic heterocycles. The number of benzene rings is 1. The number of amides is 1. The second-order valence-electron chi connectivity index (χ2n) is 6.65. The number of nitrogens with one attached hydrogen (secondary N) is 1. The maximum Gasteiger partial charge on any atom is 0.220 e. The third kappa shape index (κ3) is 3.83. The molecule has 0 spiro atoms. The van der Waals surface area contributed by atoms with Crippen LogP contribution >= 0.6 is 0 Å².